The first-order valence-electron chi connectivity index (χ1n) is 17.1. The first kappa shape index (κ1) is 28.0. The summed E-state index contributed by atoms with van der Waals surface area (Å²) in [6.07, 6.45) is 0. The third-order valence-electron chi connectivity index (χ3n) is 10.4. The number of hydrogen-bond acceptors (Lipinski definition) is 5. The quantitative estimate of drug-likeness (QED) is 0.190. The van der Waals surface area contributed by atoms with Gasteiger partial charge in [0.1, 0.15) is 22.7 Å². The maximum atomic E-state index is 6.86. The van der Waals surface area contributed by atoms with Crippen molar-refractivity contribution in [3.8, 4) is 56.8 Å². The minimum atomic E-state index is -0.670. The van der Waals surface area contributed by atoms with E-state index in [1.165, 1.54) is 11.1 Å². The van der Waals surface area contributed by atoms with Gasteiger partial charge in [-0.05, 0) is 46.5 Å². The van der Waals surface area contributed by atoms with Gasteiger partial charge in [0.25, 0.3) is 0 Å². The first-order chi connectivity index (χ1) is 25.3. The summed E-state index contributed by atoms with van der Waals surface area (Å²) in [5, 5.41) is 2.10. The van der Waals surface area contributed by atoms with E-state index in [-0.39, 0.29) is 0 Å². The van der Waals surface area contributed by atoms with Crippen LogP contribution in [-0.2, 0) is 5.41 Å². The lowest BCUT2D eigenvalue weighted by Gasteiger charge is -2.39. The summed E-state index contributed by atoms with van der Waals surface area (Å²) in [5.41, 5.74) is 10.4. The SMILES string of the molecule is c1ccc(-c2nc(-c3ccccc3)nc(-c3cc4c(c5c3oc3ccccc35)-c3ccccc3C43c4ccccc4Oc4ccccc43)n2)cc1. The molecule has 5 nitrogen and oxygen atoms in total. The molecule has 0 atom stereocenters. The fourth-order valence-corrected chi connectivity index (χ4v) is 8.32. The number of furan rings is 1. The van der Waals surface area contributed by atoms with E-state index in [9.17, 15) is 0 Å². The third-order valence-corrected chi connectivity index (χ3v) is 10.4. The van der Waals surface area contributed by atoms with Crippen molar-refractivity contribution in [2.45, 2.75) is 5.41 Å². The first-order valence-corrected chi connectivity index (χ1v) is 17.1. The molecular weight excluding hydrogens is 627 g/mol. The fraction of sp³-hybridized carbons (Fsp3) is 0.0217. The predicted octanol–water partition coefficient (Wildman–Crippen LogP) is 11.2. The number of ether oxygens (including phenoxy) is 1. The van der Waals surface area contributed by atoms with Gasteiger partial charge in [-0.1, -0.05) is 140 Å². The molecule has 9 aromatic rings. The highest BCUT2D eigenvalue weighted by molar-refractivity contribution is 6.19. The van der Waals surface area contributed by atoms with Gasteiger partial charge in [-0.15, -0.1) is 0 Å². The van der Waals surface area contributed by atoms with Crippen molar-refractivity contribution in [2.75, 3.05) is 0 Å². The van der Waals surface area contributed by atoms with Crippen LogP contribution in [0.1, 0.15) is 22.3 Å². The van der Waals surface area contributed by atoms with Crippen LogP contribution in [-0.4, -0.2) is 15.0 Å². The van der Waals surface area contributed by atoms with Gasteiger partial charge in [-0.3, -0.25) is 0 Å². The van der Waals surface area contributed by atoms with Gasteiger partial charge in [0, 0.05) is 33.0 Å². The molecule has 0 bridgehead atoms. The van der Waals surface area contributed by atoms with Crippen molar-refractivity contribution in [2.24, 2.45) is 0 Å². The topological polar surface area (TPSA) is 61.0 Å². The molecule has 3 heterocycles. The normalized spacial score (nSPS) is 13.4. The second kappa shape index (κ2) is 10.6. The number of nitrogens with zero attached hydrogens (tertiary/aromatic N) is 3. The summed E-state index contributed by atoms with van der Waals surface area (Å²) in [6, 6.07) is 56.4. The molecule has 2 aromatic heterocycles. The lowest BCUT2D eigenvalue weighted by molar-refractivity contribution is 0.436. The van der Waals surface area contributed by atoms with E-state index in [2.05, 4.69) is 78.9 Å². The van der Waals surface area contributed by atoms with Crippen LogP contribution in [0.25, 0.3) is 67.2 Å². The van der Waals surface area contributed by atoms with Crippen LogP contribution in [0.2, 0.25) is 0 Å². The fourth-order valence-electron chi connectivity index (χ4n) is 8.32. The third kappa shape index (κ3) is 3.88. The van der Waals surface area contributed by atoms with E-state index >= 15 is 0 Å². The molecule has 0 fully saturated rings. The zero-order valence-corrected chi connectivity index (χ0v) is 27.2. The molecule has 0 saturated carbocycles. The molecule has 1 spiro atoms. The van der Waals surface area contributed by atoms with Gasteiger partial charge in [-0.2, -0.15) is 0 Å². The second-order valence-corrected chi connectivity index (χ2v) is 13.1. The molecule has 7 aromatic carbocycles. The Hall–Kier alpha value is -6.85. The Bertz CT molecular complexity index is 2740. The summed E-state index contributed by atoms with van der Waals surface area (Å²) in [4.78, 5) is 15.4. The molecule has 1 aliphatic heterocycles. The van der Waals surface area contributed by atoms with Crippen LogP contribution in [0.5, 0.6) is 11.5 Å². The van der Waals surface area contributed by atoms with Gasteiger partial charge in [0.15, 0.2) is 17.5 Å². The van der Waals surface area contributed by atoms with Crippen LogP contribution < -0.4 is 4.74 Å². The minimum absolute atomic E-state index is 0.550. The van der Waals surface area contributed by atoms with Crippen molar-refractivity contribution in [3.05, 3.63) is 186 Å². The molecule has 0 N–H and O–H groups in total. The van der Waals surface area contributed by atoms with Crippen LogP contribution in [0, 0.1) is 0 Å². The van der Waals surface area contributed by atoms with Gasteiger partial charge in [0.2, 0.25) is 0 Å². The smallest absolute Gasteiger partial charge is 0.167 e. The van der Waals surface area contributed by atoms with Crippen LogP contribution in [0.3, 0.4) is 0 Å². The number of rotatable bonds is 3. The molecule has 11 rings (SSSR count). The highest BCUT2D eigenvalue weighted by Crippen LogP contribution is 2.64. The highest BCUT2D eigenvalue weighted by Gasteiger charge is 2.52. The van der Waals surface area contributed by atoms with Crippen LogP contribution in [0.4, 0.5) is 0 Å². The summed E-state index contributed by atoms with van der Waals surface area (Å²) in [7, 11) is 0. The Morgan fingerprint density at radius 1 is 0.431 bits per heavy atom. The van der Waals surface area contributed by atoms with E-state index in [4.69, 9.17) is 24.1 Å². The van der Waals surface area contributed by atoms with Crippen molar-refractivity contribution in [3.63, 3.8) is 0 Å². The zero-order chi connectivity index (χ0) is 33.5. The summed E-state index contributed by atoms with van der Waals surface area (Å²) in [6.45, 7) is 0. The largest absolute Gasteiger partial charge is 0.457 e. The van der Waals surface area contributed by atoms with Gasteiger partial charge >= 0.3 is 0 Å². The van der Waals surface area contributed by atoms with Gasteiger partial charge < -0.3 is 9.15 Å². The molecule has 5 heteroatoms. The maximum absolute atomic E-state index is 6.86. The van der Waals surface area contributed by atoms with E-state index in [1.807, 2.05) is 84.9 Å². The number of benzene rings is 7. The van der Waals surface area contributed by atoms with Crippen molar-refractivity contribution in [1.29, 1.82) is 0 Å². The molecule has 0 amide bonds. The minimum Gasteiger partial charge on any atom is -0.457 e. The molecule has 0 radical (unpaired) electrons. The van der Waals surface area contributed by atoms with Crippen molar-refractivity contribution >= 4 is 21.9 Å². The van der Waals surface area contributed by atoms with E-state index in [0.717, 1.165) is 72.4 Å². The average molecular weight is 654 g/mol. The predicted molar refractivity (Wildman–Crippen MR) is 201 cm³/mol. The number of para-hydroxylation sites is 3. The lowest BCUT2D eigenvalue weighted by Crippen LogP contribution is -2.32. The molecular formula is C46H27N3O2. The number of fused-ring (bicyclic) bond motifs is 13. The van der Waals surface area contributed by atoms with E-state index in [1.54, 1.807) is 0 Å². The molecule has 0 saturated heterocycles. The number of aromatic nitrogens is 3. The summed E-state index contributed by atoms with van der Waals surface area (Å²) < 4.78 is 13.5. The Morgan fingerprint density at radius 3 is 1.63 bits per heavy atom. The molecule has 1 aliphatic carbocycles. The summed E-state index contributed by atoms with van der Waals surface area (Å²) in [5.74, 6) is 3.44. The van der Waals surface area contributed by atoms with Gasteiger partial charge in [0.05, 0.1) is 11.0 Å². The standard InChI is InChI=1S/C46H27N3O2/c1-3-15-28(16-4-1)43-47-44(29-17-5-2-6-18-29)49-45(48-43)32-27-36-40(41-31-20-8-12-24-37(31)51-42(32)41)30-19-7-9-21-33(30)46(36)34-22-10-13-25-38(34)50-39-26-14-11-23-35(39)46/h1-27H. The Kier molecular flexibility index (Phi) is 5.81. The maximum Gasteiger partial charge on any atom is 0.167 e. The average Bonchev–Trinajstić information content (AvgIpc) is 3.72. The summed E-state index contributed by atoms with van der Waals surface area (Å²) >= 11 is 0. The molecule has 51 heavy (non-hydrogen) atoms. The monoisotopic (exact) mass is 653 g/mol. The lowest BCUT2D eigenvalue weighted by atomic mass is 9.66. The van der Waals surface area contributed by atoms with Crippen LogP contribution >= 0.6 is 0 Å². The Balaban J connectivity index is 1.32. The van der Waals surface area contributed by atoms with Gasteiger partial charge in [-0.25, -0.2) is 15.0 Å². The van der Waals surface area contributed by atoms with Crippen molar-refractivity contribution < 1.29 is 9.15 Å². The zero-order valence-electron chi connectivity index (χ0n) is 27.2. The Labute approximate surface area is 293 Å². The molecule has 238 valence electrons. The van der Waals surface area contributed by atoms with Crippen molar-refractivity contribution in [1.82, 2.24) is 15.0 Å². The Morgan fingerprint density at radius 2 is 0.961 bits per heavy atom. The molecule has 2 aliphatic rings. The van der Waals surface area contributed by atoms with E-state index in [0.29, 0.717) is 17.5 Å². The van der Waals surface area contributed by atoms with E-state index < -0.39 is 5.41 Å². The second-order valence-electron chi connectivity index (χ2n) is 13.1. The molecule has 0 unspecified atom stereocenters. The number of hydrogen-bond donors (Lipinski definition) is 0. The van der Waals surface area contributed by atoms with Crippen LogP contribution in [0.15, 0.2) is 168 Å². The highest BCUT2D eigenvalue weighted by atomic mass is 16.5.